The van der Waals surface area contributed by atoms with Gasteiger partial charge in [0.15, 0.2) is 0 Å². The summed E-state index contributed by atoms with van der Waals surface area (Å²) in [5.41, 5.74) is 1.30. The van der Waals surface area contributed by atoms with E-state index < -0.39 is 0 Å². The van der Waals surface area contributed by atoms with Crippen molar-refractivity contribution in [2.75, 3.05) is 6.61 Å². The Morgan fingerprint density at radius 2 is 1.88 bits per heavy atom. The lowest BCUT2D eigenvalue weighted by Crippen LogP contribution is -2.06. The van der Waals surface area contributed by atoms with Crippen molar-refractivity contribution < 1.29 is 9.53 Å². The number of unbranched alkanes of at least 4 members (excludes halogenated alkanes) is 2. The van der Waals surface area contributed by atoms with Gasteiger partial charge in [-0.25, -0.2) is 0 Å². The Bertz CT molecular complexity index is 306. The Kier molecular flexibility index (Phi) is 7.12. The number of aryl methyl sites for hydroxylation is 1. The van der Waals surface area contributed by atoms with Crippen LogP contribution in [0.15, 0.2) is 30.3 Å². The van der Waals surface area contributed by atoms with Crippen LogP contribution >= 0.6 is 0 Å². The van der Waals surface area contributed by atoms with E-state index in [1.54, 1.807) is 0 Å². The Morgan fingerprint density at radius 3 is 2.59 bits per heavy atom. The highest BCUT2D eigenvalue weighted by atomic mass is 16.5. The molecule has 0 bridgehead atoms. The van der Waals surface area contributed by atoms with Gasteiger partial charge in [0.1, 0.15) is 0 Å². The van der Waals surface area contributed by atoms with Crippen molar-refractivity contribution in [1.82, 2.24) is 0 Å². The fourth-order valence-corrected chi connectivity index (χ4v) is 1.70. The van der Waals surface area contributed by atoms with Crippen molar-refractivity contribution >= 4 is 5.97 Å². The third-order valence-corrected chi connectivity index (χ3v) is 2.70. The molecule has 1 aromatic carbocycles. The first kappa shape index (κ1) is 13.8. The van der Waals surface area contributed by atoms with Gasteiger partial charge in [-0.05, 0) is 24.8 Å². The van der Waals surface area contributed by atoms with Gasteiger partial charge >= 0.3 is 5.97 Å². The summed E-state index contributed by atoms with van der Waals surface area (Å²) in [6.07, 6.45) is 5.65. The zero-order valence-corrected chi connectivity index (χ0v) is 10.7. The second kappa shape index (κ2) is 8.80. The molecule has 0 amide bonds. The van der Waals surface area contributed by atoms with Gasteiger partial charge in [-0.2, -0.15) is 0 Å². The van der Waals surface area contributed by atoms with E-state index in [4.69, 9.17) is 4.74 Å². The number of hydrogen-bond acceptors (Lipinski definition) is 2. The topological polar surface area (TPSA) is 26.3 Å². The van der Waals surface area contributed by atoms with Gasteiger partial charge in [-0.1, -0.05) is 50.1 Å². The molecule has 94 valence electrons. The first-order chi connectivity index (χ1) is 8.33. The summed E-state index contributed by atoms with van der Waals surface area (Å²) in [5.74, 6) is -0.0495. The number of carbonyl (C=O) groups excluding carboxylic acids is 1. The molecule has 0 saturated heterocycles. The maximum atomic E-state index is 11.3. The van der Waals surface area contributed by atoms with Gasteiger partial charge in [-0.15, -0.1) is 0 Å². The molecule has 0 fully saturated rings. The summed E-state index contributed by atoms with van der Waals surface area (Å²) in [7, 11) is 0. The van der Waals surface area contributed by atoms with Crippen molar-refractivity contribution in [2.24, 2.45) is 0 Å². The summed E-state index contributed by atoms with van der Waals surface area (Å²) in [5, 5.41) is 0. The van der Waals surface area contributed by atoms with Crippen LogP contribution < -0.4 is 0 Å². The number of rotatable bonds is 8. The van der Waals surface area contributed by atoms with Gasteiger partial charge in [0, 0.05) is 6.42 Å². The van der Waals surface area contributed by atoms with Crippen LogP contribution in [0.5, 0.6) is 0 Å². The molecule has 0 N–H and O–H groups in total. The minimum atomic E-state index is -0.0495. The summed E-state index contributed by atoms with van der Waals surface area (Å²) in [6, 6.07) is 10.3. The molecule has 0 spiro atoms. The molecule has 0 atom stereocenters. The number of ether oxygens (including phenoxy) is 1. The molecule has 0 aliphatic carbocycles. The number of carbonyl (C=O) groups is 1. The first-order valence-corrected chi connectivity index (χ1v) is 6.52. The van der Waals surface area contributed by atoms with E-state index in [0.29, 0.717) is 13.0 Å². The highest BCUT2D eigenvalue weighted by Crippen LogP contribution is 2.04. The summed E-state index contributed by atoms with van der Waals surface area (Å²) >= 11 is 0. The summed E-state index contributed by atoms with van der Waals surface area (Å²) < 4.78 is 5.17. The van der Waals surface area contributed by atoms with E-state index in [9.17, 15) is 4.79 Å². The molecule has 0 unspecified atom stereocenters. The zero-order valence-electron chi connectivity index (χ0n) is 10.7. The fraction of sp³-hybridized carbons (Fsp3) is 0.533. The quantitative estimate of drug-likeness (QED) is 0.506. The van der Waals surface area contributed by atoms with E-state index >= 15 is 0 Å². The van der Waals surface area contributed by atoms with Crippen LogP contribution in [-0.2, 0) is 16.0 Å². The minimum absolute atomic E-state index is 0.0495. The van der Waals surface area contributed by atoms with E-state index in [2.05, 4.69) is 19.1 Å². The van der Waals surface area contributed by atoms with Crippen molar-refractivity contribution in [3.63, 3.8) is 0 Å². The van der Waals surface area contributed by atoms with Gasteiger partial charge in [0.2, 0.25) is 0 Å². The highest BCUT2D eigenvalue weighted by Gasteiger charge is 2.01. The number of hydrogen-bond donors (Lipinski definition) is 0. The maximum absolute atomic E-state index is 11.3. The fourth-order valence-electron chi connectivity index (χ4n) is 1.70. The number of esters is 1. The molecule has 0 aliphatic heterocycles. The van der Waals surface area contributed by atoms with Crippen LogP contribution in [0.4, 0.5) is 0 Å². The van der Waals surface area contributed by atoms with Crippen molar-refractivity contribution in [3.05, 3.63) is 35.9 Å². The lowest BCUT2D eigenvalue weighted by Gasteiger charge is -2.04. The molecule has 0 radical (unpaired) electrons. The van der Waals surface area contributed by atoms with E-state index in [1.807, 2.05) is 18.2 Å². The molecule has 1 rings (SSSR count). The predicted octanol–water partition coefficient (Wildman–Crippen LogP) is 3.74. The second-order valence-electron chi connectivity index (χ2n) is 4.27. The van der Waals surface area contributed by atoms with Gasteiger partial charge < -0.3 is 4.74 Å². The Morgan fingerprint density at radius 1 is 1.12 bits per heavy atom. The Labute approximate surface area is 104 Å². The summed E-state index contributed by atoms with van der Waals surface area (Å²) in [6.45, 7) is 2.67. The van der Waals surface area contributed by atoms with E-state index in [1.165, 1.54) is 5.56 Å². The van der Waals surface area contributed by atoms with Crippen molar-refractivity contribution in [2.45, 2.75) is 45.4 Å². The molecule has 17 heavy (non-hydrogen) atoms. The molecule has 0 aliphatic rings. The van der Waals surface area contributed by atoms with E-state index in [0.717, 1.165) is 32.1 Å². The normalized spacial score (nSPS) is 10.2. The molecule has 0 aromatic heterocycles. The first-order valence-electron chi connectivity index (χ1n) is 6.52. The predicted molar refractivity (Wildman–Crippen MR) is 69.9 cm³/mol. The van der Waals surface area contributed by atoms with Crippen LogP contribution in [0.1, 0.15) is 44.6 Å². The van der Waals surface area contributed by atoms with Gasteiger partial charge in [-0.3, -0.25) is 4.79 Å². The minimum Gasteiger partial charge on any atom is -0.466 e. The van der Waals surface area contributed by atoms with Crippen LogP contribution in [0.25, 0.3) is 0 Å². The second-order valence-corrected chi connectivity index (χ2v) is 4.27. The molecule has 0 saturated carbocycles. The third kappa shape index (κ3) is 6.77. The maximum Gasteiger partial charge on any atom is 0.305 e. The molecule has 2 heteroatoms. The monoisotopic (exact) mass is 234 g/mol. The van der Waals surface area contributed by atoms with E-state index in [-0.39, 0.29) is 5.97 Å². The lowest BCUT2D eigenvalue weighted by atomic mass is 10.1. The lowest BCUT2D eigenvalue weighted by molar-refractivity contribution is -0.143. The third-order valence-electron chi connectivity index (χ3n) is 2.70. The number of benzene rings is 1. The Hall–Kier alpha value is -1.31. The Balaban J connectivity index is 2.02. The molecule has 0 heterocycles. The average Bonchev–Trinajstić information content (AvgIpc) is 2.36. The largest absolute Gasteiger partial charge is 0.466 e. The zero-order chi connectivity index (χ0) is 12.3. The molecular weight excluding hydrogens is 212 g/mol. The van der Waals surface area contributed by atoms with Crippen LogP contribution in [-0.4, -0.2) is 12.6 Å². The van der Waals surface area contributed by atoms with Crippen LogP contribution in [0.2, 0.25) is 0 Å². The smallest absolute Gasteiger partial charge is 0.305 e. The van der Waals surface area contributed by atoms with Gasteiger partial charge in [0.25, 0.3) is 0 Å². The standard InChI is InChI=1S/C15H22O2/c1-2-3-5-12-15(16)17-13-8-11-14-9-6-4-7-10-14/h4,6-7,9-10H,2-3,5,8,11-13H2,1H3. The van der Waals surface area contributed by atoms with Crippen LogP contribution in [0.3, 0.4) is 0 Å². The highest BCUT2D eigenvalue weighted by molar-refractivity contribution is 5.69. The molecule has 1 aromatic rings. The summed E-state index contributed by atoms with van der Waals surface area (Å²) in [4.78, 5) is 11.3. The molecular formula is C15H22O2. The molecule has 2 nitrogen and oxygen atoms in total. The van der Waals surface area contributed by atoms with Crippen molar-refractivity contribution in [1.29, 1.82) is 0 Å². The van der Waals surface area contributed by atoms with Gasteiger partial charge in [0.05, 0.1) is 6.61 Å². The van der Waals surface area contributed by atoms with Crippen molar-refractivity contribution in [3.8, 4) is 0 Å². The SMILES string of the molecule is CCCCCC(=O)OCCCc1ccccc1. The average molecular weight is 234 g/mol. The van der Waals surface area contributed by atoms with Crippen LogP contribution in [0, 0.1) is 0 Å².